The van der Waals surface area contributed by atoms with E-state index in [1.165, 1.54) is 6.07 Å². The number of fused-ring (bicyclic) bond motifs is 1. The van der Waals surface area contributed by atoms with Crippen LogP contribution in [-0.4, -0.2) is 5.11 Å². The molecule has 1 atom stereocenters. The summed E-state index contributed by atoms with van der Waals surface area (Å²) >= 11 is 5.01. The van der Waals surface area contributed by atoms with Crippen LogP contribution in [0.4, 0.5) is 4.39 Å². The Morgan fingerprint density at radius 2 is 1.90 bits per heavy atom. The molecule has 0 bridgehead atoms. The standard InChI is InChI=1S/C16H12BrFOS/c17-10-7-11(20-9-10)8-16(19)14-5-6-15(18)13-4-2-1-3-12(13)14/h1-7,9,16,19H,8H2. The number of hydrogen-bond acceptors (Lipinski definition) is 2. The molecule has 20 heavy (non-hydrogen) atoms. The van der Waals surface area contributed by atoms with Gasteiger partial charge in [0, 0.05) is 26.5 Å². The van der Waals surface area contributed by atoms with Crippen molar-refractivity contribution in [2.75, 3.05) is 0 Å². The summed E-state index contributed by atoms with van der Waals surface area (Å²) in [5.74, 6) is -0.254. The van der Waals surface area contributed by atoms with E-state index in [4.69, 9.17) is 0 Å². The average Bonchev–Trinajstić information content (AvgIpc) is 2.84. The predicted octanol–water partition coefficient (Wildman–Crippen LogP) is 5.08. The topological polar surface area (TPSA) is 20.2 Å². The Labute approximate surface area is 128 Å². The zero-order valence-electron chi connectivity index (χ0n) is 10.5. The summed E-state index contributed by atoms with van der Waals surface area (Å²) in [6, 6.07) is 12.3. The fraction of sp³-hybridized carbons (Fsp3) is 0.125. The highest BCUT2D eigenvalue weighted by atomic mass is 79.9. The molecule has 0 aliphatic rings. The van der Waals surface area contributed by atoms with Crippen LogP contribution in [0.1, 0.15) is 16.5 Å². The molecule has 0 saturated heterocycles. The minimum Gasteiger partial charge on any atom is -0.388 e. The van der Waals surface area contributed by atoms with Crippen molar-refractivity contribution in [3.8, 4) is 0 Å². The minimum atomic E-state index is -0.633. The van der Waals surface area contributed by atoms with Gasteiger partial charge in [-0.05, 0) is 39.0 Å². The van der Waals surface area contributed by atoms with Crippen molar-refractivity contribution in [1.29, 1.82) is 0 Å². The second-order valence-electron chi connectivity index (χ2n) is 4.63. The van der Waals surface area contributed by atoms with E-state index >= 15 is 0 Å². The summed E-state index contributed by atoms with van der Waals surface area (Å²) in [7, 11) is 0. The number of hydrogen-bond donors (Lipinski definition) is 1. The Kier molecular flexibility index (Phi) is 3.87. The lowest BCUT2D eigenvalue weighted by Crippen LogP contribution is -2.02. The van der Waals surface area contributed by atoms with Crippen LogP contribution >= 0.6 is 27.3 Å². The first-order valence-electron chi connectivity index (χ1n) is 6.23. The summed E-state index contributed by atoms with van der Waals surface area (Å²) in [6.45, 7) is 0. The van der Waals surface area contributed by atoms with Crippen LogP contribution in [-0.2, 0) is 6.42 Å². The van der Waals surface area contributed by atoms with Gasteiger partial charge in [0.15, 0.2) is 0 Å². The average molecular weight is 351 g/mol. The third-order valence-electron chi connectivity index (χ3n) is 3.28. The van der Waals surface area contributed by atoms with Gasteiger partial charge in [0.2, 0.25) is 0 Å². The van der Waals surface area contributed by atoms with E-state index in [1.54, 1.807) is 29.5 Å². The number of halogens is 2. The third-order valence-corrected chi connectivity index (χ3v) is 5.00. The molecule has 3 aromatic rings. The van der Waals surface area contributed by atoms with Crippen LogP contribution in [0.3, 0.4) is 0 Å². The Balaban J connectivity index is 1.99. The van der Waals surface area contributed by atoms with Gasteiger partial charge in [-0.1, -0.05) is 30.3 Å². The first kappa shape index (κ1) is 13.7. The molecule has 4 heteroatoms. The highest BCUT2D eigenvalue weighted by molar-refractivity contribution is 9.10. The van der Waals surface area contributed by atoms with Gasteiger partial charge in [0.05, 0.1) is 6.10 Å². The zero-order chi connectivity index (χ0) is 14.1. The normalized spacial score (nSPS) is 12.8. The third kappa shape index (κ3) is 2.64. The molecule has 0 aliphatic carbocycles. The van der Waals surface area contributed by atoms with E-state index in [0.717, 1.165) is 20.3 Å². The molecular formula is C16H12BrFOS. The van der Waals surface area contributed by atoms with E-state index in [0.29, 0.717) is 11.8 Å². The molecule has 0 fully saturated rings. The van der Waals surface area contributed by atoms with E-state index in [9.17, 15) is 9.50 Å². The number of aliphatic hydroxyl groups excluding tert-OH is 1. The molecule has 0 amide bonds. The van der Waals surface area contributed by atoms with Crippen molar-refractivity contribution in [1.82, 2.24) is 0 Å². The summed E-state index contributed by atoms with van der Waals surface area (Å²) in [4.78, 5) is 1.10. The van der Waals surface area contributed by atoms with E-state index in [2.05, 4.69) is 15.9 Å². The molecule has 2 aromatic carbocycles. The summed E-state index contributed by atoms with van der Waals surface area (Å²) in [6.07, 6.45) is -0.0997. The number of aliphatic hydroxyl groups is 1. The Bertz CT molecular complexity index is 753. The van der Waals surface area contributed by atoms with Gasteiger partial charge < -0.3 is 5.11 Å². The van der Waals surface area contributed by atoms with Crippen LogP contribution in [0, 0.1) is 5.82 Å². The lowest BCUT2D eigenvalue weighted by molar-refractivity contribution is 0.181. The van der Waals surface area contributed by atoms with Crippen molar-refractivity contribution < 1.29 is 9.50 Å². The van der Waals surface area contributed by atoms with Gasteiger partial charge in [-0.15, -0.1) is 11.3 Å². The van der Waals surface area contributed by atoms with Crippen LogP contribution in [0.5, 0.6) is 0 Å². The fourth-order valence-corrected chi connectivity index (χ4v) is 3.83. The highest BCUT2D eigenvalue weighted by Crippen LogP contribution is 2.30. The molecule has 0 saturated carbocycles. The summed E-state index contributed by atoms with van der Waals surface area (Å²) in [5.41, 5.74) is 0.770. The maximum atomic E-state index is 13.8. The Hall–Kier alpha value is -1.23. The SMILES string of the molecule is OC(Cc1cc(Br)cs1)c1ccc(F)c2ccccc12. The van der Waals surface area contributed by atoms with Gasteiger partial charge >= 0.3 is 0 Å². The van der Waals surface area contributed by atoms with Crippen LogP contribution < -0.4 is 0 Å². The van der Waals surface area contributed by atoms with Crippen molar-refractivity contribution in [3.05, 3.63) is 68.6 Å². The van der Waals surface area contributed by atoms with Crippen molar-refractivity contribution in [2.45, 2.75) is 12.5 Å². The molecule has 1 aromatic heterocycles. The number of rotatable bonds is 3. The zero-order valence-corrected chi connectivity index (χ0v) is 12.9. The predicted molar refractivity (Wildman–Crippen MR) is 84.6 cm³/mol. The Morgan fingerprint density at radius 1 is 1.15 bits per heavy atom. The van der Waals surface area contributed by atoms with Crippen molar-refractivity contribution in [2.24, 2.45) is 0 Å². The van der Waals surface area contributed by atoms with E-state index < -0.39 is 6.10 Å². The maximum Gasteiger partial charge on any atom is 0.131 e. The van der Waals surface area contributed by atoms with Gasteiger partial charge in [-0.3, -0.25) is 0 Å². The van der Waals surface area contributed by atoms with E-state index in [-0.39, 0.29) is 5.82 Å². The smallest absolute Gasteiger partial charge is 0.131 e. The molecule has 102 valence electrons. The maximum absolute atomic E-state index is 13.8. The number of benzene rings is 2. The first-order valence-corrected chi connectivity index (χ1v) is 7.90. The monoisotopic (exact) mass is 350 g/mol. The lowest BCUT2D eigenvalue weighted by atomic mass is 9.98. The summed E-state index contributed by atoms with van der Waals surface area (Å²) < 4.78 is 14.8. The van der Waals surface area contributed by atoms with Crippen LogP contribution in [0.2, 0.25) is 0 Å². The molecule has 1 N–H and O–H groups in total. The first-order chi connectivity index (χ1) is 9.65. The second kappa shape index (κ2) is 5.64. The fourth-order valence-electron chi connectivity index (χ4n) is 2.34. The molecule has 1 unspecified atom stereocenters. The molecule has 1 heterocycles. The molecular weight excluding hydrogens is 339 g/mol. The molecule has 0 aliphatic heterocycles. The molecule has 0 spiro atoms. The van der Waals surface area contributed by atoms with E-state index in [1.807, 2.05) is 23.6 Å². The van der Waals surface area contributed by atoms with Gasteiger partial charge in [-0.25, -0.2) is 4.39 Å². The number of thiophene rings is 1. The quantitative estimate of drug-likeness (QED) is 0.698. The van der Waals surface area contributed by atoms with Gasteiger partial charge in [0.25, 0.3) is 0 Å². The van der Waals surface area contributed by atoms with Gasteiger partial charge in [-0.2, -0.15) is 0 Å². The molecule has 3 rings (SSSR count). The van der Waals surface area contributed by atoms with Gasteiger partial charge in [0.1, 0.15) is 5.82 Å². The van der Waals surface area contributed by atoms with Crippen molar-refractivity contribution in [3.63, 3.8) is 0 Å². The molecule has 1 nitrogen and oxygen atoms in total. The van der Waals surface area contributed by atoms with Crippen molar-refractivity contribution >= 4 is 38.0 Å². The summed E-state index contributed by atoms with van der Waals surface area (Å²) in [5, 5.41) is 13.8. The molecule has 0 radical (unpaired) electrons. The minimum absolute atomic E-state index is 0.254. The Morgan fingerprint density at radius 3 is 2.60 bits per heavy atom. The lowest BCUT2D eigenvalue weighted by Gasteiger charge is -2.13. The highest BCUT2D eigenvalue weighted by Gasteiger charge is 2.14. The largest absolute Gasteiger partial charge is 0.388 e. The van der Waals surface area contributed by atoms with Crippen LogP contribution in [0.15, 0.2) is 52.3 Å². The second-order valence-corrected chi connectivity index (χ2v) is 6.54. The van der Waals surface area contributed by atoms with Crippen LogP contribution in [0.25, 0.3) is 10.8 Å².